The summed E-state index contributed by atoms with van der Waals surface area (Å²) < 4.78 is 5.44. The molecule has 1 atom stereocenters. The Morgan fingerprint density at radius 3 is 2.82 bits per heavy atom. The van der Waals surface area contributed by atoms with E-state index in [4.69, 9.17) is 10.5 Å². The van der Waals surface area contributed by atoms with Crippen LogP contribution in [-0.4, -0.2) is 49.7 Å². The maximum Gasteiger partial charge on any atom is 0.251 e. The van der Waals surface area contributed by atoms with Crippen molar-refractivity contribution in [3.63, 3.8) is 0 Å². The van der Waals surface area contributed by atoms with Crippen LogP contribution in [0.15, 0.2) is 24.3 Å². The van der Waals surface area contributed by atoms with E-state index in [9.17, 15) is 4.79 Å². The highest BCUT2D eigenvalue weighted by Gasteiger charge is 2.24. The van der Waals surface area contributed by atoms with Crippen molar-refractivity contribution in [1.82, 2.24) is 10.2 Å². The highest BCUT2D eigenvalue weighted by atomic mass is 16.5. The third-order valence-electron chi connectivity index (χ3n) is 4.61. The standard InChI is InChI=1S/C17H25N3O2/c18-15-3-1-2-14(10-15)17(21)19-16-4-7-20(8-5-16)11-13-6-9-22-12-13/h1-3,10,13,16H,4-9,11-12,18H2,(H,19,21). The van der Waals surface area contributed by atoms with Gasteiger partial charge in [0.2, 0.25) is 0 Å². The number of carbonyl (C=O) groups excluding carboxylic acids is 1. The molecule has 2 saturated heterocycles. The van der Waals surface area contributed by atoms with E-state index in [-0.39, 0.29) is 11.9 Å². The first-order valence-corrected chi connectivity index (χ1v) is 8.17. The van der Waals surface area contributed by atoms with Crippen molar-refractivity contribution in [2.45, 2.75) is 25.3 Å². The third-order valence-corrected chi connectivity index (χ3v) is 4.61. The van der Waals surface area contributed by atoms with Crippen LogP contribution in [0.5, 0.6) is 0 Å². The molecule has 0 saturated carbocycles. The van der Waals surface area contributed by atoms with Crippen LogP contribution in [0.25, 0.3) is 0 Å². The Labute approximate surface area is 131 Å². The summed E-state index contributed by atoms with van der Waals surface area (Å²) in [6.07, 6.45) is 3.22. The predicted octanol–water partition coefficient (Wildman–Crippen LogP) is 1.50. The second-order valence-electron chi connectivity index (χ2n) is 6.40. The Kier molecular flexibility index (Phi) is 4.95. The first kappa shape index (κ1) is 15.3. The lowest BCUT2D eigenvalue weighted by molar-refractivity contribution is 0.0903. The second-order valence-corrected chi connectivity index (χ2v) is 6.40. The molecule has 22 heavy (non-hydrogen) atoms. The van der Waals surface area contributed by atoms with Gasteiger partial charge in [0, 0.05) is 43.5 Å². The van der Waals surface area contributed by atoms with E-state index in [1.807, 2.05) is 6.07 Å². The van der Waals surface area contributed by atoms with Crippen LogP contribution in [0.3, 0.4) is 0 Å². The van der Waals surface area contributed by atoms with Crippen LogP contribution in [0.1, 0.15) is 29.6 Å². The van der Waals surface area contributed by atoms with Crippen molar-refractivity contribution in [1.29, 1.82) is 0 Å². The SMILES string of the molecule is Nc1cccc(C(=O)NC2CCN(CC3CCOC3)CC2)c1. The molecular weight excluding hydrogens is 278 g/mol. The van der Waals surface area contributed by atoms with Crippen LogP contribution in [0.2, 0.25) is 0 Å². The van der Waals surface area contributed by atoms with Crippen molar-refractivity contribution in [3.8, 4) is 0 Å². The fourth-order valence-corrected chi connectivity index (χ4v) is 3.30. The van der Waals surface area contributed by atoms with Gasteiger partial charge >= 0.3 is 0 Å². The Hall–Kier alpha value is -1.59. The van der Waals surface area contributed by atoms with Gasteiger partial charge in [-0.2, -0.15) is 0 Å². The summed E-state index contributed by atoms with van der Waals surface area (Å²) in [5.41, 5.74) is 7.00. The average Bonchev–Trinajstić information content (AvgIpc) is 3.02. The third kappa shape index (κ3) is 3.99. The fourth-order valence-electron chi connectivity index (χ4n) is 3.30. The number of nitrogens with zero attached hydrogens (tertiary/aromatic N) is 1. The maximum absolute atomic E-state index is 12.2. The molecule has 1 aromatic carbocycles. The molecule has 2 heterocycles. The van der Waals surface area contributed by atoms with Crippen LogP contribution < -0.4 is 11.1 Å². The van der Waals surface area contributed by atoms with Gasteiger partial charge < -0.3 is 20.7 Å². The lowest BCUT2D eigenvalue weighted by atomic mass is 10.0. The number of carbonyl (C=O) groups is 1. The van der Waals surface area contributed by atoms with Gasteiger partial charge in [0.15, 0.2) is 0 Å². The van der Waals surface area contributed by atoms with Crippen LogP contribution in [0, 0.1) is 5.92 Å². The van der Waals surface area contributed by atoms with Crippen molar-refractivity contribution in [3.05, 3.63) is 29.8 Å². The Balaban J connectivity index is 1.44. The van der Waals surface area contributed by atoms with Crippen molar-refractivity contribution in [2.24, 2.45) is 5.92 Å². The highest BCUT2D eigenvalue weighted by molar-refractivity contribution is 5.95. The molecule has 3 N–H and O–H groups in total. The number of nitrogens with two attached hydrogens (primary N) is 1. The van der Waals surface area contributed by atoms with Gasteiger partial charge in [0.05, 0.1) is 6.61 Å². The van der Waals surface area contributed by atoms with Gasteiger partial charge in [-0.25, -0.2) is 0 Å². The van der Waals surface area contributed by atoms with Gasteiger partial charge in [-0.05, 0) is 43.4 Å². The summed E-state index contributed by atoms with van der Waals surface area (Å²) in [4.78, 5) is 14.7. The van der Waals surface area contributed by atoms with E-state index >= 15 is 0 Å². The van der Waals surface area contributed by atoms with Gasteiger partial charge in [-0.3, -0.25) is 4.79 Å². The number of hydrogen-bond donors (Lipinski definition) is 2. The van der Waals surface area contributed by atoms with Gasteiger partial charge in [0.25, 0.3) is 5.91 Å². The Morgan fingerprint density at radius 1 is 1.32 bits per heavy atom. The fraction of sp³-hybridized carbons (Fsp3) is 0.588. The molecule has 0 aliphatic carbocycles. The van der Waals surface area contributed by atoms with E-state index in [1.54, 1.807) is 18.2 Å². The Bertz CT molecular complexity index is 506. The number of piperidine rings is 1. The van der Waals surface area contributed by atoms with Crippen molar-refractivity contribution >= 4 is 11.6 Å². The van der Waals surface area contributed by atoms with Gasteiger partial charge in [0.1, 0.15) is 0 Å². The monoisotopic (exact) mass is 303 g/mol. The summed E-state index contributed by atoms with van der Waals surface area (Å²) in [5, 5.41) is 3.13. The lowest BCUT2D eigenvalue weighted by Gasteiger charge is -2.33. The normalized spacial score (nSPS) is 23.5. The smallest absolute Gasteiger partial charge is 0.251 e. The molecule has 5 nitrogen and oxygen atoms in total. The highest BCUT2D eigenvalue weighted by Crippen LogP contribution is 2.18. The number of rotatable bonds is 4. The zero-order valence-corrected chi connectivity index (χ0v) is 13.0. The molecule has 1 amide bonds. The van der Waals surface area contributed by atoms with E-state index in [0.29, 0.717) is 17.2 Å². The molecule has 2 fully saturated rings. The number of anilines is 1. The number of benzene rings is 1. The number of amides is 1. The van der Waals surface area contributed by atoms with Crippen LogP contribution in [-0.2, 0) is 4.74 Å². The van der Waals surface area contributed by atoms with Crippen LogP contribution in [0.4, 0.5) is 5.69 Å². The summed E-state index contributed by atoms with van der Waals surface area (Å²) >= 11 is 0. The van der Waals surface area contributed by atoms with E-state index < -0.39 is 0 Å². The van der Waals surface area contributed by atoms with E-state index in [1.165, 1.54) is 6.42 Å². The quantitative estimate of drug-likeness (QED) is 0.827. The van der Waals surface area contributed by atoms with Gasteiger partial charge in [-0.15, -0.1) is 0 Å². The minimum atomic E-state index is -0.0186. The number of likely N-dealkylation sites (tertiary alicyclic amines) is 1. The minimum Gasteiger partial charge on any atom is -0.399 e. The Morgan fingerprint density at radius 2 is 2.14 bits per heavy atom. The minimum absolute atomic E-state index is 0.0186. The summed E-state index contributed by atoms with van der Waals surface area (Å²) in [6.45, 7) is 5.07. The summed E-state index contributed by atoms with van der Waals surface area (Å²) in [6, 6.07) is 7.41. The predicted molar refractivity (Wildman–Crippen MR) is 86.7 cm³/mol. The number of nitrogens with one attached hydrogen (secondary N) is 1. The maximum atomic E-state index is 12.2. The van der Waals surface area contributed by atoms with Crippen molar-refractivity contribution in [2.75, 3.05) is 38.6 Å². The van der Waals surface area contributed by atoms with E-state index in [2.05, 4.69) is 10.2 Å². The molecule has 3 rings (SSSR count). The molecule has 0 aromatic heterocycles. The van der Waals surface area contributed by atoms with E-state index in [0.717, 1.165) is 45.7 Å². The molecule has 120 valence electrons. The lowest BCUT2D eigenvalue weighted by Crippen LogP contribution is -2.45. The molecule has 1 unspecified atom stereocenters. The average molecular weight is 303 g/mol. The van der Waals surface area contributed by atoms with Crippen LogP contribution >= 0.6 is 0 Å². The zero-order valence-electron chi connectivity index (χ0n) is 13.0. The summed E-state index contributed by atoms with van der Waals surface area (Å²) in [7, 11) is 0. The second kappa shape index (κ2) is 7.11. The first-order chi connectivity index (χ1) is 10.7. The summed E-state index contributed by atoms with van der Waals surface area (Å²) in [5.74, 6) is 0.674. The van der Waals surface area contributed by atoms with Gasteiger partial charge in [-0.1, -0.05) is 6.07 Å². The first-order valence-electron chi connectivity index (χ1n) is 8.17. The molecule has 0 spiro atoms. The molecule has 0 bridgehead atoms. The number of nitrogen functional groups attached to an aromatic ring is 1. The molecule has 5 heteroatoms. The molecule has 0 radical (unpaired) electrons. The molecular formula is C17H25N3O2. The molecule has 2 aliphatic heterocycles. The molecule has 1 aromatic rings. The molecule has 2 aliphatic rings. The zero-order chi connectivity index (χ0) is 15.4. The number of ether oxygens (including phenoxy) is 1. The number of hydrogen-bond acceptors (Lipinski definition) is 4. The topological polar surface area (TPSA) is 67.6 Å². The largest absolute Gasteiger partial charge is 0.399 e. The van der Waals surface area contributed by atoms with Crippen molar-refractivity contribution < 1.29 is 9.53 Å².